The van der Waals surface area contributed by atoms with Crippen molar-refractivity contribution in [2.24, 2.45) is 5.41 Å². The molecule has 1 saturated heterocycles. The molecule has 98 valence electrons. The predicted molar refractivity (Wildman–Crippen MR) is 74.6 cm³/mol. The number of nitrogens with two attached hydrogens (primary N) is 1. The average Bonchev–Trinajstić information content (AvgIpc) is 2.76. The first kappa shape index (κ1) is 12.7. The van der Waals surface area contributed by atoms with Gasteiger partial charge >= 0.3 is 0 Å². The number of benzene rings is 1. The highest BCUT2D eigenvalue weighted by Crippen LogP contribution is 2.34. The van der Waals surface area contributed by atoms with Crippen LogP contribution < -0.4 is 16.0 Å². The molecule has 1 aliphatic heterocycles. The summed E-state index contributed by atoms with van der Waals surface area (Å²) in [5.74, 6) is 0.122. The number of carbonyl (C=O) groups is 1. The Labute approximate surface area is 108 Å². The van der Waals surface area contributed by atoms with E-state index in [1.165, 1.54) is 0 Å². The number of anilines is 2. The third kappa shape index (κ3) is 2.15. The predicted octanol–water partition coefficient (Wildman–Crippen LogP) is 1.54. The SMILES string of the molecule is CNC(=O)C1(C)CCN(c2ccc(N)c(C)c2)C1. The Hall–Kier alpha value is -1.71. The zero-order valence-corrected chi connectivity index (χ0v) is 11.3. The van der Waals surface area contributed by atoms with E-state index in [1.807, 2.05) is 26.0 Å². The average molecular weight is 247 g/mol. The molecular formula is C14H21N3O. The van der Waals surface area contributed by atoms with Crippen LogP contribution in [-0.2, 0) is 4.79 Å². The van der Waals surface area contributed by atoms with Gasteiger partial charge in [0, 0.05) is 31.5 Å². The fourth-order valence-electron chi connectivity index (χ4n) is 2.53. The second kappa shape index (κ2) is 4.52. The molecule has 4 nitrogen and oxygen atoms in total. The number of hydrogen-bond acceptors (Lipinski definition) is 3. The largest absolute Gasteiger partial charge is 0.399 e. The van der Waals surface area contributed by atoms with Gasteiger partial charge in [-0.3, -0.25) is 4.79 Å². The van der Waals surface area contributed by atoms with Crippen LogP contribution in [0.15, 0.2) is 18.2 Å². The van der Waals surface area contributed by atoms with Crippen molar-refractivity contribution in [1.29, 1.82) is 0 Å². The molecule has 0 bridgehead atoms. The van der Waals surface area contributed by atoms with Crippen molar-refractivity contribution in [3.05, 3.63) is 23.8 Å². The molecule has 1 aromatic carbocycles. The first-order valence-corrected chi connectivity index (χ1v) is 6.29. The van der Waals surface area contributed by atoms with E-state index in [4.69, 9.17) is 5.73 Å². The van der Waals surface area contributed by atoms with Crippen LogP contribution in [0, 0.1) is 12.3 Å². The van der Waals surface area contributed by atoms with Crippen molar-refractivity contribution >= 4 is 17.3 Å². The summed E-state index contributed by atoms with van der Waals surface area (Å²) >= 11 is 0. The number of nitrogens with one attached hydrogen (secondary N) is 1. The van der Waals surface area contributed by atoms with Crippen molar-refractivity contribution in [3.8, 4) is 0 Å². The van der Waals surface area contributed by atoms with Crippen LogP contribution >= 0.6 is 0 Å². The number of nitrogens with zero attached hydrogens (tertiary/aromatic N) is 1. The van der Waals surface area contributed by atoms with Gasteiger partial charge in [-0.25, -0.2) is 0 Å². The highest BCUT2D eigenvalue weighted by Gasteiger charge is 2.39. The minimum atomic E-state index is -0.288. The van der Waals surface area contributed by atoms with Gasteiger partial charge in [-0.2, -0.15) is 0 Å². The van der Waals surface area contributed by atoms with Crippen LogP contribution in [0.5, 0.6) is 0 Å². The Kier molecular flexibility index (Phi) is 3.20. The van der Waals surface area contributed by atoms with Gasteiger partial charge in [-0.15, -0.1) is 0 Å². The van der Waals surface area contributed by atoms with Gasteiger partial charge < -0.3 is 16.0 Å². The molecule has 1 aliphatic rings. The number of aryl methyl sites for hydroxylation is 1. The van der Waals surface area contributed by atoms with Gasteiger partial charge in [0.1, 0.15) is 0 Å². The van der Waals surface area contributed by atoms with E-state index in [9.17, 15) is 4.79 Å². The maximum absolute atomic E-state index is 11.9. The van der Waals surface area contributed by atoms with Gasteiger partial charge in [-0.05, 0) is 44.0 Å². The molecule has 0 aliphatic carbocycles. The second-order valence-electron chi connectivity index (χ2n) is 5.35. The molecule has 1 atom stereocenters. The third-order valence-electron chi connectivity index (χ3n) is 3.87. The van der Waals surface area contributed by atoms with Crippen LogP contribution in [0.3, 0.4) is 0 Å². The third-order valence-corrected chi connectivity index (χ3v) is 3.87. The summed E-state index contributed by atoms with van der Waals surface area (Å²) < 4.78 is 0. The topological polar surface area (TPSA) is 58.4 Å². The van der Waals surface area contributed by atoms with E-state index in [0.717, 1.165) is 36.4 Å². The second-order valence-corrected chi connectivity index (χ2v) is 5.35. The Bertz CT molecular complexity index is 472. The molecule has 0 saturated carbocycles. The molecule has 1 aromatic rings. The highest BCUT2D eigenvalue weighted by atomic mass is 16.2. The van der Waals surface area contributed by atoms with Gasteiger partial charge in [0.2, 0.25) is 5.91 Å². The standard InChI is InChI=1S/C14H21N3O/c1-10-8-11(4-5-12(10)15)17-7-6-14(2,9-17)13(18)16-3/h4-5,8H,6-7,9,15H2,1-3H3,(H,16,18). The van der Waals surface area contributed by atoms with Crippen LogP contribution in [0.1, 0.15) is 18.9 Å². The molecule has 1 amide bonds. The lowest BCUT2D eigenvalue weighted by atomic mass is 9.89. The monoisotopic (exact) mass is 247 g/mol. The maximum atomic E-state index is 11.9. The zero-order chi connectivity index (χ0) is 13.3. The molecule has 0 spiro atoms. The van der Waals surface area contributed by atoms with Crippen molar-refractivity contribution in [2.45, 2.75) is 20.3 Å². The summed E-state index contributed by atoms with van der Waals surface area (Å²) in [6, 6.07) is 6.04. The summed E-state index contributed by atoms with van der Waals surface area (Å²) in [4.78, 5) is 14.1. The van der Waals surface area contributed by atoms with E-state index in [0.29, 0.717) is 0 Å². The lowest BCUT2D eigenvalue weighted by molar-refractivity contribution is -0.128. The van der Waals surface area contributed by atoms with Crippen molar-refractivity contribution in [3.63, 3.8) is 0 Å². The first-order chi connectivity index (χ1) is 8.46. The number of hydrogen-bond donors (Lipinski definition) is 2. The lowest BCUT2D eigenvalue weighted by Crippen LogP contribution is -2.39. The van der Waals surface area contributed by atoms with Crippen molar-refractivity contribution < 1.29 is 4.79 Å². The summed E-state index contributed by atoms with van der Waals surface area (Å²) in [7, 11) is 1.70. The van der Waals surface area contributed by atoms with Crippen LogP contribution in [0.2, 0.25) is 0 Å². The normalized spacial score (nSPS) is 23.2. The minimum Gasteiger partial charge on any atom is -0.399 e. The van der Waals surface area contributed by atoms with Gasteiger partial charge in [0.25, 0.3) is 0 Å². The molecule has 1 unspecified atom stereocenters. The highest BCUT2D eigenvalue weighted by molar-refractivity contribution is 5.83. The number of amides is 1. The Morgan fingerprint density at radius 2 is 2.22 bits per heavy atom. The van der Waals surface area contributed by atoms with Gasteiger partial charge in [-0.1, -0.05) is 0 Å². The fraction of sp³-hybridized carbons (Fsp3) is 0.500. The molecule has 1 heterocycles. The number of rotatable bonds is 2. The zero-order valence-electron chi connectivity index (χ0n) is 11.3. The quantitative estimate of drug-likeness (QED) is 0.779. The van der Waals surface area contributed by atoms with E-state index in [-0.39, 0.29) is 11.3 Å². The fourth-order valence-corrected chi connectivity index (χ4v) is 2.53. The minimum absolute atomic E-state index is 0.122. The summed E-state index contributed by atoms with van der Waals surface area (Å²) in [6.07, 6.45) is 0.885. The lowest BCUT2D eigenvalue weighted by Gasteiger charge is -2.24. The van der Waals surface area contributed by atoms with Crippen molar-refractivity contribution in [1.82, 2.24) is 5.32 Å². The van der Waals surface area contributed by atoms with E-state index in [2.05, 4.69) is 16.3 Å². The molecule has 18 heavy (non-hydrogen) atoms. The molecule has 3 N–H and O–H groups in total. The molecule has 0 aromatic heterocycles. The van der Waals surface area contributed by atoms with Gasteiger partial charge in [0.05, 0.1) is 5.41 Å². The summed E-state index contributed by atoms with van der Waals surface area (Å²) in [5, 5.41) is 2.75. The van der Waals surface area contributed by atoms with Crippen LogP contribution in [0.4, 0.5) is 11.4 Å². The van der Waals surface area contributed by atoms with Gasteiger partial charge in [0.15, 0.2) is 0 Å². The van der Waals surface area contributed by atoms with Crippen LogP contribution in [0.25, 0.3) is 0 Å². The Balaban J connectivity index is 2.18. The van der Waals surface area contributed by atoms with Crippen molar-refractivity contribution in [2.75, 3.05) is 30.8 Å². The molecule has 0 radical (unpaired) electrons. The molecule has 1 fully saturated rings. The Morgan fingerprint density at radius 3 is 2.83 bits per heavy atom. The summed E-state index contributed by atoms with van der Waals surface area (Å²) in [6.45, 7) is 5.70. The van der Waals surface area contributed by atoms with E-state index < -0.39 is 0 Å². The van der Waals surface area contributed by atoms with E-state index >= 15 is 0 Å². The van der Waals surface area contributed by atoms with E-state index in [1.54, 1.807) is 7.05 Å². The first-order valence-electron chi connectivity index (χ1n) is 6.29. The Morgan fingerprint density at radius 1 is 1.50 bits per heavy atom. The maximum Gasteiger partial charge on any atom is 0.227 e. The summed E-state index contributed by atoms with van der Waals surface area (Å²) in [5.41, 5.74) is 8.58. The molecule has 4 heteroatoms. The molecule has 2 rings (SSSR count). The molecular weight excluding hydrogens is 226 g/mol. The number of carbonyl (C=O) groups excluding carboxylic acids is 1. The smallest absolute Gasteiger partial charge is 0.227 e. The van der Waals surface area contributed by atoms with Crippen LogP contribution in [-0.4, -0.2) is 26.0 Å². The number of nitrogen functional groups attached to an aromatic ring is 1.